The Bertz CT molecular complexity index is 819. The van der Waals surface area contributed by atoms with Gasteiger partial charge in [0.05, 0.1) is 13.7 Å². The highest BCUT2D eigenvalue weighted by Crippen LogP contribution is 2.28. The van der Waals surface area contributed by atoms with Crippen molar-refractivity contribution in [3.63, 3.8) is 0 Å². The molecule has 4 rings (SSSR count). The minimum atomic E-state index is 0. The van der Waals surface area contributed by atoms with E-state index in [4.69, 9.17) is 4.74 Å². The number of halogens is 1. The molecule has 0 saturated carbocycles. The van der Waals surface area contributed by atoms with Crippen LogP contribution in [0.2, 0.25) is 0 Å². The fourth-order valence-corrected chi connectivity index (χ4v) is 4.27. The van der Waals surface area contributed by atoms with Gasteiger partial charge in [-0.05, 0) is 37.0 Å². The van der Waals surface area contributed by atoms with Crippen LogP contribution in [-0.4, -0.2) is 52.9 Å². The molecule has 158 valence electrons. The quantitative estimate of drug-likeness (QED) is 0.389. The second-order valence-electron chi connectivity index (χ2n) is 7.60. The summed E-state index contributed by atoms with van der Waals surface area (Å²) in [5.41, 5.74) is 1.36. The molecule has 1 fully saturated rings. The highest BCUT2D eigenvalue weighted by Gasteiger charge is 2.26. The molecule has 7 nitrogen and oxygen atoms in total. The molecule has 2 aliphatic heterocycles. The van der Waals surface area contributed by atoms with Crippen molar-refractivity contribution in [1.29, 1.82) is 0 Å². The average Bonchev–Trinajstić information content (AvgIpc) is 3.30. The molecule has 1 aromatic carbocycles. The van der Waals surface area contributed by atoms with E-state index in [0.717, 1.165) is 55.8 Å². The molecule has 0 amide bonds. The van der Waals surface area contributed by atoms with Gasteiger partial charge in [-0.2, -0.15) is 0 Å². The van der Waals surface area contributed by atoms with E-state index in [1.54, 1.807) is 7.11 Å². The number of nitrogens with zero attached hydrogens (tertiary/aromatic N) is 5. The lowest BCUT2D eigenvalue weighted by Gasteiger charge is -2.22. The number of hydrogen-bond acceptors (Lipinski definition) is 4. The van der Waals surface area contributed by atoms with E-state index >= 15 is 0 Å². The molecule has 2 aromatic rings. The first-order chi connectivity index (χ1) is 13.8. The van der Waals surface area contributed by atoms with Gasteiger partial charge in [-0.25, -0.2) is 0 Å². The molecule has 29 heavy (non-hydrogen) atoms. The number of aryl methyl sites for hydroxylation is 1. The van der Waals surface area contributed by atoms with E-state index in [1.807, 2.05) is 19.2 Å². The van der Waals surface area contributed by atoms with Crippen LogP contribution < -0.4 is 10.1 Å². The second kappa shape index (κ2) is 10.3. The van der Waals surface area contributed by atoms with Crippen LogP contribution in [0.15, 0.2) is 29.3 Å². The van der Waals surface area contributed by atoms with Crippen LogP contribution in [0.1, 0.15) is 48.8 Å². The van der Waals surface area contributed by atoms with Gasteiger partial charge in [0.25, 0.3) is 0 Å². The zero-order valence-electron chi connectivity index (χ0n) is 17.3. The molecule has 1 unspecified atom stereocenters. The summed E-state index contributed by atoms with van der Waals surface area (Å²) in [6, 6.07) is 8.44. The molecule has 1 saturated heterocycles. The van der Waals surface area contributed by atoms with Crippen LogP contribution >= 0.6 is 24.0 Å². The van der Waals surface area contributed by atoms with Gasteiger partial charge >= 0.3 is 0 Å². The Morgan fingerprint density at radius 3 is 2.76 bits per heavy atom. The lowest BCUT2D eigenvalue weighted by Crippen LogP contribution is -2.40. The van der Waals surface area contributed by atoms with Gasteiger partial charge in [-0.1, -0.05) is 18.6 Å². The predicted molar refractivity (Wildman–Crippen MR) is 125 cm³/mol. The molecule has 1 aromatic heterocycles. The summed E-state index contributed by atoms with van der Waals surface area (Å²) in [6.07, 6.45) is 5.87. The van der Waals surface area contributed by atoms with E-state index in [1.165, 1.54) is 24.8 Å². The molecular weight excluding hydrogens is 479 g/mol. The highest BCUT2D eigenvalue weighted by molar-refractivity contribution is 14.0. The fourth-order valence-electron chi connectivity index (χ4n) is 4.27. The lowest BCUT2D eigenvalue weighted by atomic mass is 9.98. The Kier molecular flexibility index (Phi) is 7.74. The van der Waals surface area contributed by atoms with Crippen molar-refractivity contribution in [2.24, 2.45) is 4.99 Å². The van der Waals surface area contributed by atoms with Gasteiger partial charge in [0.1, 0.15) is 11.6 Å². The summed E-state index contributed by atoms with van der Waals surface area (Å²) in [4.78, 5) is 6.85. The SMILES string of the molecule is CN=C(NCc1nnc2n1CCCCC2)N1CCC(c2ccc(OC)cc2)C1.I. The van der Waals surface area contributed by atoms with E-state index < -0.39 is 0 Å². The average molecular weight is 510 g/mol. The van der Waals surface area contributed by atoms with E-state index in [2.05, 4.69) is 42.1 Å². The van der Waals surface area contributed by atoms with E-state index in [9.17, 15) is 0 Å². The van der Waals surface area contributed by atoms with Crippen LogP contribution in [0.25, 0.3) is 0 Å². The van der Waals surface area contributed by atoms with E-state index in [0.29, 0.717) is 12.5 Å². The third-order valence-corrected chi connectivity index (χ3v) is 5.88. The fraction of sp³-hybridized carbons (Fsp3) is 0.571. The molecule has 3 heterocycles. The Morgan fingerprint density at radius 2 is 2.00 bits per heavy atom. The maximum Gasteiger partial charge on any atom is 0.194 e. The number of fused-ring (bicyclic) bond motifs is 1. The summed E-state index contributed by atoms with van der Waals surface area (Å²) >= 11 is 0. The first-order valence-corrected chi connectivity index (χ1v) is 10.3. The molecule has 0 radical (unpaired) electrons. The first-order valence-electron chi connectivity index (χ1n) is 10.3. The number of likely N-dealkylation sites (tertiary alicyclic amines) is 1. The Hall–Kier alpha value is -1.84. The maximum absolute atomic E-state index is 5.27. The number of hydrogen-bond donors (Lipinski definition) is 1. The summed E-state index contributed by atoms with van der Waals surface area (Å²) in [5.74, 6) is 4.52. The standard InChI is InChI=1S/C21H30N6O.HI/c1-22-21(23-14-20-25-24-19-6-4-3-5-12-27(19)20)26-13-11-17(15-26)16-7-9-18(28-2)10-8-16;/h7-10,17H,3-6,11-15H2,1-2H3,(H,22,23);1H. The van der Waals surface area contributed by atoms with Crippen molar-refractivity contribution in [1.82, 2.24) is 25.0 Å². The minimum Gasteiger partial charge on any atom is -0.497 e. The minimum absolute atomic E-state index is 0. The monoisotopic (exact) mass is 510 g/mol. The first kappa shape index (κ1) is 21.9. The van der Waals surface area contributed by atoms with Crippen molar-refractivity contribution < 1.29 is 4.74 Å². The van der Waals surface area contributed by atoms with Crippen molar-refractivity contribution in [3.05, 3.63) is 41.5 Å². The van der Waals surface area contributed by atoms with Crippen LogP contribution in [-0.2, 0) is 19.5 Å². The lowest BCUT2D eigenvalue weighted by molar-refractivity contribution is 0.414. The molecule has 0 spiro atoms. The van der Waals surface area contributed by atoms with Gasteiger partial charge in [0, 0.05) is 39.0 Å². The van der Waals surface area contributed by atoms with Gasteiger partial charge in [0.15, 0.2) is 11.8 Å². The number of aliphatic imine (C=N–C) groups is 1. The Balaban J connectivity index is 0.00000240. The van der Waals surface area contributed by atoms with E-state index in [-0.39, 0.29) is 24.0 Å². The zero-order valence-corrected chi connectivity index (χ0v) is 19.6. The third kappa shape index (κ3) is 5.02. The van der Waals surface area contributed by atoms with Crippen LogP contribution in [0.3, 0.4) is 0 Å². The predicted octanol–water partition coefficient (Wildman–Crippen LogP) is 3.20. The molecule has 1 N–H and O–H groups in total. The number of aromatic nitrogens is 3. The van der Waals surface area contributed by atoms with Gasteiger partial charge in [-0.3, -0.25) is 4.99 Å². The topological polar surface area (TPSA) is 67.6 Å². The number of rotatable bonds is 4. The summed E-state index contributed by atoms with van der Waals surface area (Å²) in [7, 11) is 3.56. The van der Waals surface area contributed by atoms with Crippen molar-refractivity contribution in [2.75, 3.05) is 27.2 Å². The van der Waals surface area contributed by atoms with Crippen molar-refractivity contribution in [2.45, 2.75) is 51.1 Å². The Labute approximate surface area is 190 Å². The third-order valence-electron chi connectivity index (χ3n) is 5.88. The smallest absolute Gasteiger partial charge is 0.194 e. The van der Waals surface area contributed by atoms with Crippen molar-refractivity contribution >= 4 is 29.9 Å². The highest BCUT2D eigenvalue weighted by atomic mass is 127. The molecule has 0 aliphatic carbocycles. The van der Waals surface area contributed by atoms with Gasteiger partial charge in [-0.15, -0.1) is 34.2 Å². The van der Waals surface area contributed by atoms with Crippen LogP contribution in [0, 0.1) is 0 Å². The molecule has 2 aliphatic rings. The Morgan fingerprint density at radius 1 is 1.17 bits per heavy atom. The van der Waals surface area contributed by atoms with Crippen LogP contribution in [0.5, 0.6) is 5.75 Å². The number of guanidine groups is 1. The van der Waals surface area contributed by atoms with Gasteiger partial charge in [0.2, 0.25) is 0 Å². The normalized spacial score (nSPS) is 19.3. The number of ether oxygens (including phenoxy) is 1. The second-order valence-corrected chi connectivity index (χ2v) is 7.60. The zero-order chi connectivity index (χ0) is 19.3. The van der Waals surface area contributed by atoms with Crippen molar-refractivity contribution in [3.8, 4) is 5.75 Å². The largest absolute Gasteiger partial charge is 0.497 e. The summed E-state index contributed by atoms with van der Waals surface area (Å²) in [6.45, 7) is 3.68. The number of nitrogens with one attached hydrogen (secondary N) is 1. The van der Waals surface area contributed by atoms with Crippen LogP contribution in [0.4, 0.5) is 0 Å². The summed E-state index contributed by atoms with van der Waals surface area (Å²) in [5, 5.41) is 12.3. The number of benzene rings is 1. The maximum atomic E-state index is 5.27. The molecule has 0 bridgehead atoms. The molecular formula is C21H31IN6O. The summed E-state index contributed by atoms with van der Waals surface area (Å²) < 4.78 is 7.56. The molecule has 1 atom stereocenters. The molecule has 8 heteroatoms. The van der Waals surface area contributed by atoms with Gasteiger partial charge < -0.3 is 19.5 Å². The number of methoxy groups -OCH3 is 1.